The van der Waals surface area contributed by atoms with Gasteiger partial charge in [0.05, 0.1) is 0 Å². The summed E-state index contributed by atoms with van der Waals surface area (Å²) in [5.74, 6) is 0.728. The van der Waals surface area contributed by atoms with Gasteiger partial charge in [0.15, 0.2) is 6.79 Å². The third-order valence-electron chi connectivity index (χ3n) is 2.05. The van der Waals surface area contributed by atoms with Crippen LogP contribution in [-0.2, 0) is 4.74 Å². The maximum Gasteiger partial charge on any atom is 1.00 e. The van der Waals surface area contributed by atoms with Crippen molar-refractivity contribution >= 4 is 29.9 Å². The standard InChI is InChI=1S/C12H10ClO2.BF3.K/c1-14-8-15-10-5-6-11-9(7-10)3-2-4-12(11)13;2-1(3)4;/h2-5,7H,8H2,1H3;;/q-1;;+1. The van der Waals surface area contributed by atoms with Gasteiger partial charge in [-0.15, -0.1) is 34.5 Å². The summed E-state index contributed by atoms with van der Waals surface area (Å²) in [4.78, 5) is 0. The van der Waals surface area contributed by atoms with Gasteiger partial charge in [-0.25, -0.2) is 0 Å². The summed E-state index contributed by atoms with van der Waals surface area (Å²) in [5, 5.41) is 2.62. The number of methoxy groups -OCH3 is 1. The normalized spacial score (nSPS) is 9.25. The molecule has 0 unspecified atom stereocenters. The second-order valence-corrected chi connectivity index (χ2v) is 3.74. The Bertz CT molecular complexity index is 528. The van der Waals surface area contributed by atoms with Crippen LogP contribution in [0.25, 0.3) is 10.8 Å². The zero-order valence-electron chi connectivity index (χ0n) is 11.0. The van der Waals surface area contributed by atoms with Gasteiger partial charge in [-0.05, 0) is 5.02 Å². The number of ether oxygens (including phenoxy) is 2. The van der Waals surface area contributed by atoms with Crippen LogP contribution in [0.2, 0.25) is 5.02 Å². The minimum atomic E-state index is -3.67. The maximum atomic E-state index is 9.67. The van der Waals surface area contributed by atoms with Gasteiger partial charge >= 0.3 is 58.9 Å². The Hall–Kier alpha value is 0.241. The first-order chi connectivity index (χ1) is 9.04. The molecular formula is C12H10BClF3KO2. The summed E-state index contributed by atoms with van der Waals surface area (Å²) in [6.45, 7) is 0.236. The molecular weight excluding hydrogens is 318 g/mol. The van der Waals surface area contributed by atoms with Gasteiger partial charge in [-0.2, -0.15) is 0 Å². The molecule has 2 aromatic carbocycles. The molecule has 0 spiro atoms. The van der Waals surface area contributed by atoms with Crippen LogP contribution in [0.3, 0.4) is 0 Å². The first-order valence-corrected chi connectivity index (χ1v) is 5.56. The molecule has 0 atom stereocenters. The van der Waals surface area contributed by atoms with Crippen molar-refractivity contribution in [3.63, 3.8) is 0 Å². The van der Waals surface area contributed by atoms with E-state index in [9.17, 15) is 12.9 Å². The first kappa shape index (κ1) is 20.2. The fraction of sp³-hybridized carbons (Fsp3) is 0.167. The summed E-state index contributed by atoms with van der Waals surface area (Å²) in [6.07, 6.45) is 0. The van der Waals surface area contributed by atoms with Gasteiger partial charge in [-0.3, -0.25) is 12.9 Å². The first-order valence-electron chi connectivity index (χ1n) is 5.18. The summed E-state index contributed by atoms with van der Waals surface area (Å²) in [5.41, 5.74) is 0. The van der Waals surface area contributed by atoms with E-state index >= 15 is 0 Å². The van der Waals surface area contributed by atoms with Crippen LogP contribution >= 0.6 is 11.6 Å². The van der Waals surface area contributed by atoms with E-state index < -0.39 is 7.54 Å². The molecule has 0 N–H and O–H groups in total. The van der Waals surface area contributed by atoms with Crippen molar-refractivity contribution in [3.05, 3.63) is 41.4 Å². The van der Waals surface area contributed by atoms with Gasteiger partial charge in [0.2, 0.25) is 0 Å². The van der Waals surface area contributed by atoms with E-state index in [0.29, 0.717) is 5.02 Å². The quantitative estimate of drug-likeness (QED) is 0.478. The third-order valence-corrected chi connectivity index (χ3v) is 2.36. The van der Waals surface area contributed by atoms with Crippen LogP contribution in [0.15, 0.2) is 30.3 Å². The molecule has 2 aromatic rings. The number of rotatable bonds is 3. The molecule has 2 nitrogen and oxygen atoms in total. The smallest absolute Gasteiger partial charge is 0.513 e. The molecule has 0 amide bonds. The Balaban J connectivity index is 0.000000644. The summed E-state index contributed by atoms with van der Waals surface area (Å²) < 4.78 is 39.1. The van der Waals surface area contributed by atoms with E-state index in [2.05, 4.69) is 6.07 Å². The van der Waals surface area contributed by atoms with Gasteiger partial charge in [-0.1, -0.05) is 24.3 Å². The van der Waals surface area contributed by atoms with Gasteiger partial charge < -0.3 is 9.47 Å². The van der Waals surface area contributed by atoms with Crippen LogP contribution in [0, 0.1) is 6.07 Å². The van der Waals surface area contributed by atoms with Crippen molar-refractivity contribution < 1.29 is 73.8 Å². The van der Waals surface area contributed by atoms with Gasteiger partial charge in [0.25, 0.3) is 0 Å². The summed E-state index contributed by atoms with van der Waals surface area (Å²) in [7, 11) is -2.08. The second-order valence-electron chi connectivity index (χ2n) is 3.34. The summed E-state index contributed by atoms with van der Waals surface area (Å²) >= 11 is 6.02. The minimum absolute atomic E-state index is 0. The predicted molar refractivity (Wildman–Crippen MR) is 69.4 cm³/mol. The molecule has 102 valence electrons. The fourth-order valence-electron chi connectivity index (χ4n) is 1.36. The molecule has 0 fully saturated rings. The molecule has 0 aliphatic carbocycles. The van der Waals surface area contributed by atoms with Crippen molar-refractivity contribution in [3.8, 4) is 5.75 Å². The van der Waals surface area contributed by atoms with Crippen molar-refractivity contribution in [2.24, 2.45) is 0 Å². The van der Waals surface area contributed by atoms with Gasteiger partial charge in [0, 0.05) is 12.9 Å². The zero-order valence-corrected chi connectivity index (χ0v) is 14.9. The molecule has 2 rings (SSSR count). The molecule has 0 aromatic heterocycles. The Morgan fingerprint density at radius 3 is 2.55 bits per heavy atom. The average Bonchev–Trinajstić information content (AvgIpc) is 2.36. The predicted octanol–water partition coefficient (Wildman–Crippen LogP) is 1.16. The molecule has 0 saturated carbocycles. The monoisotopic (exact) mass is 328 g/mol. The van der Waals surface area contributed by atoms with Crippen molar-refractivity contribution in [1.29, 1.82) is 0 Å². The second kappa shape index (κ2) is 10.9. The maximum absolute atomic E-state index is 9.67. The van der Waals surface area contributed by atoms with Crippen LogP contribution in [0.4, 0.5) is 12.9 Å². The minimum Gasteiger partial charge on any atom is -0.513 e. The molecule has 0 saturated heterocycles. The van der Waals surface area contributed by atoms with E-state index in [1.165, 1.54) is 0 Å². The summed E-state index contributed by atoms with van der Waals surface area (Å²) in [6, 6.07) is 12.5. The molecule has 8 heteroatoms. The van der Waals surface area contributed by atoms with Crippen LogP contribution in [-0.4, -0.2) is 21.4 Å². The van der Waals surface area contributed by atoms with E-state index in [4.69, 9.17) is 21.1 Å². The number of benzene rings is 2. The van der Waals surface area contributed by atoms with Gasteiger partial charge in [0.1, 0.15) is 0 Å². The third kappa shape index (κ3) is 7.31. The molecule has 0 radical (unpaired) electrons. The van der Waals surface area contributed by atoms with Crippen molar-refractivity contribution in [2.75, 3.05) is 13.9 Å². The Kier molecular flexibility index (Phi) is 11.0. The van der Waals surface area contributed by atoms with Crippen LogP contribution in [0.1, 0.15) is 0 Å². The van der Waals surface area contributed by atoms with Crippen molar-refractivity contribution in [1.82, 2.24) is 0 Å². The number of halogens is 4. The van der Waals surface area contributed by atoms with Crippen LogP contribution in [0.5, 0.6) is 5.75 Å². The Labute approximate surface area is 163 Å². The largest absolute Gasteiger partial charge is 1.00 e. The Morgan fingerprint density at radius 2 is 1.95 bits per heavy atom. The van der Waals surface area contributed by atoms with E-state index in [1.54, 1.807) is 13.2 Å². The molecule has 0 bridgehead atoms. The molecule has 0 heterocycles. The number of fused-ring (bicyclic) bond motifs is 1. The van der Waals surface area contributed by atoms with E-state index in [-0.39, 0.29) is 58.2 Å². The topological polar surface area (TPSA) is 18.5 Å². The SMILES string of the molecule is COCOc1c[c-]c2c(Cl)cccc2c1.FB(F)F.[K+]. The van der Waals surface area contributed by atoms with E-state index in [0.717, 1.165) is 16.5 Å². The molecule has 0 aliphatic heterocycles. The average molecular weight is 329 g/mol. The fourth-order valence-corrected chi connectivity index (χ4v) is 1.60. The number of hydrogen-bond donors (Lipinski definition) is 0. The molecule has 20 heavy (non-hydrogen) atoms. The zero-order chi connectivity index (χ0) is 14.3. The van der Waals surface area contributed by atoms with Crippen LogP contribution < -0.4 is 56.1 Å². The van der Waals surface area contributed by atoms with Crippen molar-refractivity contribution in [2.45, 2.75) is 0 Å². The molecule has 0 aliphatic rings. The Morgan fingerprint density at radius 1 is 1.30 bits per heavy atom. The number of hydrogen-bond acceptors (Lipinski definition) is 2. The van der Waals surface area contributed by atoms with E-state index in [1.807, 2.05) is 24.3 Å².